The second-order valence-corrected chi connectivity index (χ2v) is 17.8. The van der Waals surface area contributed by atoms with Crippen molar-refractivity contribution in [2.24, 2.45) is 0 Å². The fourth-order valence-electron chi connectivity index (χ4n) is 8.81. The summed E-state index contributed by atoms with van der Waals surface area (Å²) < 4.78 is 4.51. The first kappa shape index (κ1) is 32.8. The summed E-state index contributed by atoms with van der Waals surface area (Å²) >= 11 is 0. The summed E-state index contributed by atoms with van der Waals surface area (Å²) in [5.41, 5.74) is 4.86. The molecular formula is C49H33N7Si. The minimum absolute atomic E-state index is 0.505. The highest BCUT2D eigenvalue weighted by Crippen LogP contribution is 2.36. The van der Waals surface area contributed by atoms with E-state index < -0.39 is 8.07 Å². The largest absolute Gasteiger partial charge is 0.293 e. The third-order valence-electron chi connectivity index (χ3n) is 11.1. The molecule has 0 unspecified atom stereocenters. The van der Waals surface area contributed by atoms with Crippen molar-refractivity contribution in [3.8, 4) is 23.2 Å². The molecule has 7 nitrogen and oxygen atoms in total. The molecule has 0 radical (unpaired) electrons. The van der Waals surface area contributed by atoms with Crippen LogP contribution < -0.4 is 20.9 Å². The first-order chi connectivity index (χ1) is 28.3. The number of hydrogen-bond acceptors (Lipinski definition) is 5. The maximum Gasteiger partial charge on any atom is 0.236 e. The van der Waals surface area contributed by atoms with Crippen LogP contribution in [0.1, 0.15) is 0 Å². The molecule has 0 N–H and O–H groups in total. The van der Waals surface area contributed by atoms with Gasteiger partial charge < -0.3 is 0 Å². The molecule has 268 valence electrons. The van der Waals surface area contributed by atoms with Gasteiger partial charge in [-0.25, -0.2) is 19.9 Å². The Hall–Kier alpha value is -7.55. The quantitative estimate of drug-likeness (QED) is 0.123. The highest BCUT2D eigenvalue weighted by atomic mass is 28.3. The number of para-hydroxylation sites is 4. The molecule has 4 heterocycles. The lowest BCUT2D eigenvalue weighted by atomic mass is 10.2. The number of nitrogens with zero attached hydrogens (tertiary/aromatic N) is 7. The van der Waals surface area contributed by atoms with Gasteiger partial charge in [-0.15, -0.1) is 0 Å². The average molecular weight is 748 g/mol. The molecule has 0 amide bonds. The van der Waals surface area contributed by atoms with Gasteiger partial charge in [0.2, 0.25) is 14.0 Å². The molecule has 4 aromatic heterocycles. The molecule has 0 spiro atoms. The lowest BCUT2D eigenvalue weighted by Gasteiger charge is -2.35. The molecule has 0 fully saturated rings. The Balaban J connectivity index is 1.42. The van der Waals surface area contributed by atoms with Gasteiger partial charge in [0, 0.05) is 21.5 Å². The molecule has 0 saturated carbocycles. The van der Waals surface area contributed by atoms with Gasteiger partial charge in [-0.05, 0) is 39.8 Å². The van der Waals surface area contributed by atoms with Crippen molar-refractivity contribution in [2.45, 2.75) is 0 Å². The Morgan fingerprint density at radius 3 is 1.16 bits per heavy atom. The van der Waals surface area contributed by atoms with Crippen molar-refractivity contribution in [3.05, 3.63) is 201 Å². The number of hydrogen-bond donors (Lipinski definition) is 0. The van der Waals surface area contributed by atoms with Crippen molar-refractivity contribution in [1.29, 1.82) is 0 Å². The Morgan fingerprint density at radius 1 is 0.368 bits per heavy atom. The van der Waals surface area contributed by atoms with Gasteiger partial charge in [0.1, 0.15) is 12.7 Å². The van der Waals surface area contributed by atoms with E-state index in [0.29, 0.717) is 17.6 Å². The number of benzene rings is 7. The first-order valence-corrected chi connectivity index (χ1v) is 21.0. The highest BCUT2D eigenvalue weighted by molar-refractivity contribution is 7.20. The first-order valence-electron chi connectivity index (χ1n) is 19.0. The van der Waals surface area contributed by atoms with Crippen LogP contribution in [0.25, 0.3) is 66.8 Å². The second-order valence-electron chi connectivity index (χ2n) is 14.1. The van der Waals surface area contributed by atoms with E-state index in [1.54, 1.807) is 12.7 Å². The minimum atomic E-state index is -3.36. The van der Waals surface area contributed by atoms with Crippen molar-refractivity contribution in [1.82, 2.24) is 34.1 Å². The molecule has 7 aromatic carbocycles. The molecule has 0 bridgehead atoms. The van der Waals surface area contributed by atoms with E-state index >= 15 is 0 Å². The van der Waals surface area contributed by atoms with Crippen LogP contribution >= 0.6 is 0 Å². The number of fused-ring (bicyclic) bond motifs is 6. The van der Waals surface area contributed by atoms with Gasteiger partial charge in [0.25, 0.3) is 0 Å². The van der Waals surface area contributed by atoms with Gasteiger partial charge in [-0.3, -0.25) is 9.13 Å². The van der Waals surface area contributed by atoms with Crippen LogP contribution in [0.5, 0.6) is 0 Å². The molecule has 0 aliphatic rings. The molecule has 11 aromatic rings. The summed E-state index contributed by atoms with van der Waals surface area (Å²) in [6, 6.07) is 66.7. The maximum atomic E-state index is 5.92. The summed E-state index contributed by atoms with van der Waals surface area (Å²) in [4.78, 5) is 25.8. The molecule has 0 aliphatic carbocycles. The van der Waals surface area contributed by atoms with Gasteiger partial charge in [-0.1, -0.05) is 164 Å². The number of aromatic nitrogens is 7. The van der Waals surface area contributed by atoms with E-state index in [1.807, 2.05) is 0 Å². The zero-order valence-corrected chi connectivity index (χ0v) is 31.7. The zero-order chi connectivity index (χ0) is 37.8. The fraction of sp³-hybridized carbons (Fsp3) is 0. The molecular weight excluding hydrogens is 715 g/mol. The average Bonchev–Trinajstić information content (AvgIpc) is 3.81. The minimum Gasteiger partial charge on any atom is -0.293 e. The van der Waals surface area contributed by atoms with Crippen LogP contribution in [0.2, 0.25) is 0 Å². The van der Waals surface area contributed by atoms with Crippen LogP contribution in [0.15, 0.2) is 201 Å². The zero-order valence-electron chi connectivity index (χ0n) is 30.7. The van der Waals surface area contributed by atoms with Crippen LogP contribution in [0, 0.1) is 0 Å². The van der Waals surface area contributed by atoms with Gasteiger partial charge in [0.15, 0.2) is 11.6 Å². The van der Waals surface area contributed by atoms with Crippen molar-refractivity contribution >= 4 is 72.6 Å². The maximum absolute atomic E-state index is 5.92. The normalized spacial score (nSPS) is 11.9. The summed E-state index contributed by atoms with van der Waals surface area (Å²) in [5, 5.41) is 8.94. The predicted octanol–water partition coefficient (Wildman–Crippen LogP) is 7.90. The monoisotopic (exact) mass is 747 g/mol. The van der Waals surface area contributed by atoms with E-state index in [-0.39, 0.29) is 0 Å². The van der Waals surface area contributed by atoms with E-state index in [2.05, 4.69) is 202 Å². The number of rotatable bonds is 7. The van der Waals surface area contributed by atoms with Crippen LogP contribution in [0.3, 0.4) is 0 Å². The van der Waals surface area contributed by atoms with Crippen molar-refractivity contribution < 1.29 is 0 Å². The third kappa shape index (κ3) is 5.01. The van der Waals surface area contributed by atoms with Crippen LogP contribution in [-0.2, 0) is 0 Å². The molecule has 57 heavy (non-hydrogen) atoms. The Bertz CT molecular complexity index is 3030. The topological polar surface area (TPSA) is 74.3 Å². The van der Waals surface area contributed by atoms with Gasteiger partial charge in [-0.2, -0.15) is 4.98 Å². The Labute approximate surface area is 329 Å². The van der Waals surface area contributed by atoms with E-state index in [0.717, 1.165) is 54.5 Å². The summed E-state index contributed by atoms with van der Waals surface area (Å²) in [6.07, 6.45) is 3.14. The van der Waals surface area contributed by atoms with E-state index in [1.165, 1.54) is 15.6 Å². The summed E-state index contributed by atoms with van der Waals surface area (Å²) in [6.45, 7) is 0. The van der Waals surface area contributed by atoms with Gasteiger partial charge >= 0.3 is 0 Å². The second kappa shape index (κ2) is 13.3. The van der Waals surface area contributed by atoms with Gasteiger partial charge in [0.05, 0.1) is 32.9 Å². The lowest BCUT2D eigenvalue weighted by molar-refractivity contribution is 0.952. The van der Waals surface area contributed by atoms with E-state index in [4.69, 9.17) is 19.9 Å². The fourth-order valence-corrected chi connectivity index (χ4v) is 13.6. The lowest BCUT2D eigenvalue weighted by Crippen LogP contribution is -2.76. The van der Waals surface area contributed by atoms with Crippen LogP contribution in [-0.4, -0.2) is 42.1 Å². The Kier molecular flexibility index (Phi) is 7.68. The standard InChI is InChI=1S/C49H33N7Si/c1-4-18-34(19-5-1)57(35-20-6-2-7-21-35,36-22-8-3-9-23-36)48-45(46-51-32-50-33-52-46)47(55-41-28-14-10-24-37(41)38-25-11-15-29-42(38)55)53-49(54-48)56-43-30-16-12-26-39(43)40-27-13-17-31-44(40)56/h1-33H. The Morgan fingerprint density at radius 2 is 0.737 bits per heavy atom. The van der Waals surface area contributed by atoms with Crippen molar-refractivity contribution in [3.63, 3.8) is 0 Å². The highest BCUT2D eigenvalue weighted by Gasteiger charge is 2.47. The molecule has 0 saturated heterocycles. The molecule has 11 rings (SSSR count). The third-order valence-corrected chi connectivity index (χ3v) is 15.8. The van der Waals surface area contributed by atoms with E-state index in [9.17, 15) is 0 Å². The predicted molar refractivity (Wildman–Crippen MR) is 233 cm³/mol. The molecule has 0 aliphatic heterocycles. The molecule has 8 heteroatoms. The molecule has 0 atom stereocenters. The smallest absolute Gasteiger partial charge is 0.236 e. The SMILES string of the molecule is c1ccc([Si](c2ccccc2)(c2ccccc2)c2nc(-n3c4ccccc4c4ccccc43)nc(-n3c4ccccc4c4ccccc43)c2-c2ncncn2)cc1. The van der Waals surface area contributed by atoms with Crippen LogP contribution in [0.4, 0.5) is 0 Å². The summed E-state index contributed by atoms with van der Waals surface area (Å²) in [7, 11) is -3.36. The summed E-state index contributed by atoms with van der Waals surface area (Å²) in [5.74, 6) is 1.77. The van der Waals surface area contributed by atoms with Crippen molar-refractivity contribution in [2.75, 3.05) is 0 Å².